The fourth-order valence-corrected chi connectivity index (χ4v) is 16.6. The van der Waals surface area contributed by atoms with Crippen LogP contribution < -0.4 is 4.90 Å². The van der Waals surface area contributed by atoms with Crippen LogP contribution >= 0.6 is 0 Å². The van der Waals surface area contributed by atoms with E-state index in [1.165, 1.54) is 144 Å². The summed E-state index contributed by atoms with van der Waals surface area (Å²) in [7, 11) is 0. The standard InChI is InChI=1S/C85H60N2/c1-83(2)68-36-15-13-32-62(68)66-52-58(45-47-69(66)83)86(78-43-23-34-61(53-24-7-5-8-25-53)79(78)54-26-9-6-10-27-54)57-29-21-28-55(50-57)59-30-11-12-31-60(59)56-44-49-77-67(51-56)64-35-22-41-74-80(64)81-75(48-46-65-63-33-14-20-42-76(63)87(77)82(65)81)85(74)72-39-18-16-37-70(72)84(3,4)71-38-17-19-40-73(71)85/h5-52H,1-4H3. The van der Waals surface area contributed by atoms with Crippen LogP contribution in [0, 0.1) is 0 Å². The summed E-state index contributed by atoms with van der Waals surface area (Å²) in [6.45, 7) is 9.56. The van der Waals surface area contributed by atoms with Gasteiger partial charge in [0.05, 0.1) is 27.8 Å². The lowest BCUT2D eigenvalue weighted by molar-refractivity contribution is 0.563. The molecule has 2 nitrogen and oxygen atoms in total. The molecule has 1 aliphatic heterocycles. The molecule has 2 heterocycles. The molecule has 4 aliphatic rings. The molecule has 13 aromatic carbocycles. The maximum absolute atomic E-state index is 2.61. The number of rotatable bonds is 7. The lowest BCUT2D eigenvalue weighted by atomic mass is 9.55. The van der Waals surface area contributed by atoms with Gasteiger partial charge in [-0.3, -0.25) is 0 Å². The zero-order chi connectivity index (χ0) is 57.9. The van der Waals surface area contributed by atoms with Gasteiger partial charge in [0.15, 0.2) is 0 Å². The van der Waals surface area contributed by atoms with Crippen molar-refractivity contribution in [3.05, 3.63) is 336 Å². The number of hydrogen-bond donors (Lipinski definition) is 0. The predicted octanol–water partition coefficient (Wildman–Crippen LogP) is 22.2. The van der Waals surface area contributed by atoms with Gasteiger partial charge in [-0.15, -0.1) is 0 Å². The average molecular weight is 1110 g/mol. The molecule has 0 saturated heterocycles. The first-order valence-corrected chi connectivity index (χ1v) is 30.7. The maximum atomic E-state index is 2.61. The topological polar surface area (TPSA) is 8.17 Å². The maximum Gasteiger partial charge on any atom is 0.0720 e. The molecule has 0 atom stereocenters. The normalized spacial score (nSPS) is 14.5. The second kappa shape index (κ2) is 18.2. The van der Waals surface area contributed by atoms with E-state index in [0.717, 1.165) is 22.6 Å². The van der Waals surface area contributed by atoms with Gasteiger partial charge in [0, 0.05) is 49.7 Å². The Morgan fingerprint density at radius 2 is 0.793 bits per heavy atom. The minimum absolute atomic E-state index is 0.125. The highest BCUT2D eigenvalue weighted by molar-refractivity contribution is 6.19. The zero-order valence-electron chi connectivity index (χ0n) is 49.1. The number of anilines is 3. The Morgan fingerprint density at radius 1 is 0.276 bits per heavy atom. The van der Waals surface area contributed by atoms with Crippen LogP contribution in [0.2, 0.25) is 0 Å². The van der Waals surface area contributed by atoms with E-state index in [2.05, 4.69) is 328 Å². The summed E-state index contributed by atoms with van der Waals surface area (Å²) >= 11 is 0. The van der Waals surface area contributed by atoms with Crippen LogP contribution in [0.15, 0.2) is 291 Å². The van der Waals surface area contributed by atoms with Crippen LogP contribution in [0.1, 0.15) is 72.2 Å². The first-order valence-electron chi connectivity index (χ1n) is 30.7. The molecule has 0 radical (unpaired) electrons. The molecule has 0 fully saturated rings. The molecular formula is C85H60N2. The summed E-state index contributed by atoms with van der Waals surface area (Å²) in [6, 6.07) is 110. The molecule has 2 heteroatoms. The summed E-state index contributed by atoms with van der Waals surface area (Å²) in [5.74, 6) is 0. The number of benzene rings is 13. The average Bonchev–Trinajstić information content (AvgIpc) is 1.53. The van der Waals surface area contributed by atoms with Crippen molar-refractivity contribution in [3.63, 3.8) is 0 Å². The third-order valence-corrected chi connectivity index (χ3v) is 20.4. The lowest BCUT2D eigenvalue weighted by Gasteiger charge is -2.46. The largest absolute Gasteiger partial charge is 0.310 e. The van der Waals surface area contributed by atoms with Crippen LogP contribution in [0.5, 0.6) is 0 Å². The first kappa shape index (κ1) is 49.8. The molecule has 1 spiro atoms. The molecular weight excluding hydrogens is 1050 g/mol. The van der Waals surface area contributed by atoms with Gasteiger partial charge in [-0.05, 0) is 154 Å². The van der Waals surface area contributed by atoms with Crippen LogP contribution in [0.4, 0.5) is 17.1 Å². The van der Waals surface area contributed by atoms with E-state index >= 15 is 0 Å². The van der Waals surface area contributed by atoms with Crippen molar-refractivity contribution in [2.45, 2.75) is 43.9 Å². The molecule has 0 saturated carbocycles. The monoisotopic (exact) mass is 1110 g/mol. The number of nitrogens with zero attached hydrogens (tertiary/aromatic N) is 2. The summed E-state index contributed by atoms with van der Waals surface area (Å²) in [5, 5.41) is 2.56. The van der Waals surface area contributed by atoms with Crippen molar-refractivity contribution in [2.24, 2.45) is 0 Å². The van der Waals surface area contributed by atoms with Crippen LogP contribution in [-0.4, -0.2) is 4.57 Å². The summed E-state index contributed by atoms with van der Waals surface area (Å²) in [6.07, 6.45) is 0. The molecule has 0 amide bonds. The van der Waals surface area contributed by atoms with Crippen LogP contribution in [0.3, 0.4) is 0 Å². The van der Waals surface area contributed by atoms with Gasteiger partial charge in [0.1, 0.15) is 0 Å². The Bertz CT molecular complexity index is 5180. The highest BCUT2D eigenvalue weighted by Gasteiger charge is 2.55. The van der Waals surface area contributed by atoms with Gasteiger partial charge in [-0.1, -0.05) is 270 Å². The molecule has 14 aromatic rings. The molecule has 0 bridgehead atoms. The van der Waals surface area contributed by atoms with Gasteiger partial charge in [-0.25, -0.2) is 0 Å². The molecule has 0 unspecified atom stereocenters. The summed E-state index contributed by atoms with van der Waals surface area (Å²) in [4.78, 5) is 2.51. The lowest BCUT2D eigenvalue weighted by Crippen LogP contribution is -2.40. The Hall–Kier alpha value is -10.5. The first-order chi connectivity index (χ1) is 42.7. The van der Waals surface area contributed by atoms with Crippen molar-refractivity contribution in [1.82, 2.24) is 4.57 Å². The Kier molecular flexibility index (Phi) is 10.4. The number of fused-ring (bicyclic) bond motifs is 15. The fraction of sp³-hybridized carbons (Fsp3) is 0.0824. The molecule has 18 rings (SSSR count). The van der Waals surface area contributed by atoms with E-state index in [9.17, 15) is 0 Å². The van der Waals surface area contributed by atoms with E-state index < -0.39 is 5.41 Å². The van der Waals surface area contributed by atoms with E-state index in [0.29, 0.717) is 0 Å². The highest BCUT2D eigenvalue weighted by Crippen LogP contribution is 2.66. The van der Waals surface area contributed by atoms with Crippen LogP contribution in [-0.2, 0) is 16.2 Å². The van der Waals surface area contributed by atoms with E-state index in [1.54, 1.807) is 0 Å². The smallest absolute Gasteiger partial charge is 0.0720 e. The Balaban J connectivity index is 0.850. The molecule has 0 N–H and O–H groups in total. The van der Waals surface area contributed by atoms with Crippen molar-refractivity contribution < 1.29 is 0 Å². The minimum Gasteiger partial charge on any atom is -0.310 e. The zero-order valence-corrected chi connectivity index (χ0v) is 49.1. The molecule has 3 aliphatic carbocycles. The molecule has 410 valence electrons. The third-order valence-electron chi connectivity index (χ3n) is 20.4. The second-order valence-electron chi connectivity index (χ2n) is 25.4. The predicted molar refractivity (Wildman–Crippen MR) is 363 cm³/mol. The third kappa shape index (κ3) is 6.76. The molecule has 1 aromatic heterocycles. The fourth-order valence-electron chi connectivity index (χ4n) is 16.6. The van der Waals surface area contributed by atoms with Gasteiger partial charge in [0.25, 0.3) is 0 Å². The van der Waals surface area contributed by atoms with E-state index in [4.69, 9.17) is 0 Å². The Labute approximate surface area is 508 Å². The van der Waals surface area contributed by atoms with Crippen molar-refractivity contribution >= 4 is 38.9 Å². The summed E-state index contributed by atoms with van der Waals surface area (Å²) < 4.78 is 2.61. The SMILES string of the molecule is CC1(C)c2ccccc2-c2cc(N(c3cccc(-c4ccccc4-c4ccc5c(c4)-c4cccc6c4-c4c(ccc7c8ccccc8n-5c47)C64c5ccccc5C(C)(C)c5ccccc54)c3)c3cccc(-c4ccccc4)c3-c3ccccc3)ccc21. The quantitative estimate of drug-likeness (QED) is 0.154. The Morgan fingerprint density at radius 3 is 1.54 bits per heavy atom. The molecule has 87 heavy (non-hydrogen) atoms. The number of hydrogen-bond acceptors (Lipinski definition) is 1. The van der Waals surface area contributed by atoms with Gasteiger partial charge < -0.3 is 9.47 Å². The van der Waals surface area contributed by atoms with E-state index in [1.807, 2.05) is 0 Å². The second-order valence-corrected chi connectivity index (χ2v) is 25.4. The van der Waals surface area contributed by atoms with Gasteiger partial charge in [0.2, 0.25) is 0 Å². The van der Waals surface area contributed by atoms with Crippen molar-refractivity contribution in [1.29, 1.82) is 0 Å². The highest BCUT2D eigenvalue weighted by atomic mass is 15.1. The van der Waals surface area contributed by atoms with E-state index in [-0.39, 0.29) is 10.8 Å². The van der Waals surface area contributed by atoms with Crippen molar-refractivity contribution in [3.8, 4) is 83.6 Å². The van der Waals surface area contributed by atoms with Crippen LogP contribution in [0.25, 0.3) is 105 Å². The minimum atomic E-state index is -0.523. The summed E-state index contributed by atoms with van der Waals surface area (Å²) in [5.41, 5.74) is 34.3. The van der Waals surface area contributed by atoms with Gasteiger partial charge in [-0.2, -0.15) is 0 Å². The van der Waals surface area contributed by atoms with Crippen molar-refractivity contribution in [2.75, 3.05) is 4.90 Å². The van der Waals surface area contributed by atoms with Gasteiger partial charge >= 0.3 is 0 Å². The number of aromatic nitrogens is 1. The number of para-hydroxylation sites is 1.